The SMILES string of the molecule is CCC(CN)N1CCN(CC(=O)N2CCCC2)CC1. The largest absolute Gasteiger partial charge is 0.342 e. The van der Waals surface area contributed by atoms with Crippen molar-refractivity contribution < 1.29 is 4.79 Å². The van der Waals surface area contributed by atoms with Crippen LogP contribution in [0.15, 0.2) is 0 Å². The van der Waals surface area contributed by atoms with E-state index in [2.05, 4.69) is 16.7 Å². The predicted molar refractivity (Wildman–Crippen MR) is 77.0 cm³/mol. The first-order valence-electron chi connectivity index (χ1n) is 7.68. The fourth-order valence-corrected chi connectivity index (χ4v) is 3.12. The Labute approximate surface area is 116 Å². The van der Waals surface area contributed by atoms with Gasteiger partial charge >= 0.3 is 0 Å². The van der Waals surface area contributed by atoms with Crippen LogP contribution in [0.3, 0.4) is 0 Å². The first-order chi connectivity index (χ1) is 9.24. The van der Waals surface area contributed by atoms with Crippen LogP contribution >= 0.6 is 0 Å². The lowest BCUT2D eigenvalue weighted by atomic mass is 10.1. The minimum absolute atomic E-state index is 0.316. The average molecular weight is 268 g/mol. The molecule has 0 aromatic rings. The predicted octanol–water partition coefficient (Wildman–Crippen LogP) is -0.0363. The van der Waals surface area contributed by atoms with Crippen molar-refractivity contribution in [3.8, 4) is 0 Å². The van der Waals surface area contributed by atoms with Gasteiger partial charge < -0.3 is 10.6 Å². The van der Waals surface area contributed by atoms with Crippen molar-refractivity contribution in [1.82, 2.24) is 14.7 Å². The van der Waals surface area contributed by atoms with Crippen LogP contribution in [0.25, 0.3) is 0 Å². The number of carbonyl (C=O) groups is 1. The van der Waals surface area contributed by atoms with Gasteiger partial charge in [0, 0.05) is 51.9 Å². The molecule has 0 aromatic carbocycles. The van der Waals surface area contributed by atoms with Crippen molar-refractivity contribution in [3.63, 3.8) is 0 Å². The summed E-state index contributed by atoms with van der Waals surface area (Å²) in [6.07, 6.45) is 3.46. The van der Waals surface area contributed by atoms with Crippen molar-refractivity contribution in [2.45, 2.75) is 32.2 Å². The van der Waals surface area contributed by atoms with E-state index in [1.807, 2.05) is 4.90 Å². The fourth-order valence-electron chi connectivity index (χ4n) is 3.12. The Balaban J connectivity index is 1.72. The maximum atomic E-state index is 12.1. The second-order valence-corrected chi connectivity index (χ2v) is 5.70. The summed E-state index contributed by atoms with van der Waals surface area (Å²) in [5.74, 6) is 0.316. The lowest BCUT2D eigenvalue weighted by Gasteiger charge is -2.38. The van der Waals surface area contributed by atoms with Crippen molar-refractivity contribution in [2.75, 3.05) is 52.4 Å². The first-order valence-corrected chi connectivity index (χ1v) is 7.68. The second kappa shape index (κ2) is 7.22. The van der Waals surface area contributed by atoms with Gasteiger partial charge in [0.05, 0.1) is 6.54 Å². The summed E-state index contributed by atoms with van der Waals surface area (Å²) in [6.45, 7) is 9.54. The molecule has 1 amide bonds. The van der Waals surface area contributed by atoms with Gasteiger partial charge in [-0.15, -0.1) is 0 Å². The maximum Gasteiger partial charge on any atom is 0.236 e. The third-order valence-electron chi connectivity index (χ3n) is 4.48. The molecular formula is C14H28N4O. The molecule has 0 saturated carbocycles. The van der Waals surface area contributed by atoms with E-state index < -0.39 is 0 Å². The van der Waals surface area contributed by atoms with Crippen LogP contribution in [0.2, 0.25) is 0 Å². The van der Waals surface area contributed by atoms with E-state index in [0.717, 1.165) is 52.2 Å². The van der Waals surface area contributed by atoms with Crippen molar-refractivity contribution in [1.29, 1.82) is 0 Å². The molecule has 110 valence electrons. The zero-order valence-electron chi connectivity index (χ0n) is 12.2. The van der Waals surface area contributed by atoms with Crippen LogP contribution in [-0.4, -0.2) is 79.0 Å². The van der Waals surface area contributed by atoms with E-state index in [0.29, 0.717) is 18.5 Å². The molecule has 5 heteroatoms. The summed E-state index contributed by atoms with van der Waals surface area (Å²) in [7, 11) is 0. The molecule has 1 unspecified atom stereocenters. The van der Waals surface area contributed by atoms with Gasteiger partial charge in [-0.25, -0.2) is 0 Å². The topological polar surface area (TPSA) is 52.8 Å². The van der Waals surface area contributed by atoms with Crippen LogP contribution in [0.4, 0.5) is 0 Å². The van der Waals surface area contributed by atoms with Crippen LogP contribution < -0.4 is 5.73 Å². The number of amides is 1. The minimum Gasteiger partial charge on any atom is -0.342 e. The number of rotatable bonds is 5. The van der Waals surface area contributed by atoms with Gasteiger partial charge in [0.25, 0.3) is 0 Å². The van der Waals surface area contributed by atoms with Crippen LogP contribution in [0.5, 0.6) is 0 Å². The molecule has 0 radical (unpaired) electrons. The van der Waals surface area contributed by atoms with Crippen LogP contribution in [0.1, 0.15) is 26.2 Å². The van der Waals surface area contributed by atoms with E-state index in [1.54, 1.807) is 0 Å². The second-order valence-electron chi connectivity index (χ2n) is 5.70. The van der Waals surface area contributed by atoms with Crippen LogP contribution in [0, 0.1) is 0 Å². The van der Waals surface area contributed by atoms with Gasteiger partial charge in [-0.3, -0.25) is 14.6 Å². The zero-order valence-corrected chi connectivity index (χ0v) is 12.2. The molecule has 2 fully saturated rings. The highest BCUT2D eigenvalue weighted by atomic mass is 16.2. The first kappa shape index (κ1) is 14.8. The summed E-state index contributed by atoms with van der Waals surface area (Å²) >= 11 is 0. The third-order valence-corrected chi connectivity index (χ3v) is 4.48. The smallest absolute Gasteiger partial charge is 0.236 e. The minimum atomic E-state index is 0.316. The average Bonchev–Trinajstić information content (AvgIpc) is 2.96. The van der Waals surface area contributed by atoms with Crippen molar-refractivity contribution in [2.24, 2.45) is 5.73 Å². The van der Waals surface area contributed by atoms with Crippen molar-refractivity contribution in [3.05, 3.63) is 0 Å². The Morgan fingerprint density at radius 3 is 2.26 bits per heavy atom. The molecule has 0 aromatic heterocycles. The number of hydrogen-bond donors (Lipinski definition) is 1. The normalized spacial score (nSPS) is 23.8. The molecule has 0 aliphatic carbocycles. The number of hydrogen-bond acceptors (Lipinski definition) is 4. The Kier molecular flexibility index (Phi) is 5.60. The Bertz CT molecular complexity index is 279. The molecular weight excluding hydrogens is 240 g/mol. The van der Waals surface area contributed by atoms with Gasteiger partial charge in [0.1, 0.15) is 0 Å². The summed E-state index contributed by atoms with van der Waals surface area (Å²) in [5, 5.41) is 0. The van der Waals surface area contributed by atoms with E-state index in [9.17, 15) is 4.79 Å². The number of nitrogens with two attached hydrogens (primary N) is 1. The molecule has 2 aliphatic rings. The summed E-state index contributed by atoms with van der Waals surface area (Å²) in [6, 6.07) is 0.511. The molecule has 5 nitrogen and oxygen atoms in total. The quantitative estimate of drug-likeness (QED) is 0.760. The molecule has 2 rings (SSSR count). The van der Waals surface area contributed by atoms with E-state index in [-0.39, 0.29) is 0 Å². The monoisotopic (exact) mass is 268 g/mol. The van der Waals surface area contributed by atoms with E-state index in [1.165, 1.54) is 12.8 Å². The number of nitrogens with zero attached hydrogens (tertiary/aromatic N) is 3. The fraction of sp³-hybridized carbons (Fsp3) is 0.929. The number of piperazine rings is 1. The molecule has 1 atom stereocenters. The Morgan fingerprint density at radius 1 is 1.11 bits per heavy atom. The third kappa shape index (κ3) is 3.91. The molecule has 0 spiro atoms. The molecule has 2 heterocycles. The highest BCUT2D eigenvalue weighted by Gasteiger charge is 2.25. The van der Waals surface area contributed by atoms with E-state index >= 15 is 0 Å². The molecule has 19 heavy (non-hydrogen) atoms. The summed E-state index contributed by atoms with van der Waals surface area (Å²) in [4.78, 5) is 18.9. The van der Waals surface area contributed by atoms with Gasteiger partial charge in [-0.1, -0.05) is 6.92 Å². The Hall–Kier alpha value is -0.650. The molecule has 2 N–H and O–H groups in total. The number of likely N-dealkylation sites (tertiary alicyclic amines) is 1. The van der Waals surface area contributed by atoms with Gasteiger partial charge in [-0.2, -0.15) is 0 Å². The maximum absolute atomic E-state index is 12.1. The molecule has 2 saturated heterocycles. The zero-order chi connectivity index (χ0) is 13.7. The summed E-state index contributed by atoms with van der Waals surface area (Å²) < 4.78 is 0. The van der Waals surface area contributed by atoms with Gasteiger partial charge in [0.2, 0.25) is 5.91 Å². The highest BCUT2D eigenvalue weighted by molar-refractivity contribution is 5.78. The molecule has 0 bridgehead atoms. The van der Waals surface area contributed by atoms with Gasteiger partial charge in [0.15, 0.2) is 0 Å². The highest BCUT2D eigenvalue weighted by Crippen LogP contribution is 2.11. The standard InChI is InChI=1S/C14H28N4O/c1-2-13(11-15)17-9-7-16(8-10-17)12-14(19)18-5-3-4-6-18/h13H,2-12,15H2,1H3. The van der Waals surface area contributed by atoms with E-state index in [4.69, 9.17) is 5.73 Å². The lowest BCUT2D eigenvalue weighted by Crippen LogP contribution is -2.53. The summed E-state index contributed by atoms with van der Waals surface area (Å²) in [5.41, 5.74) is 5.80. The lowest BCUT2D eigenvalue weighted by molar-refractivity contribution is -0.131. The van der Waals surface area contributed by atoms with Gasteiger partial charge in [-0.05, 0) is 19.3 Å². The van der Waals surface area contributed by atoms with Crippen molar-refractivity contribution >= 4 is 5.91 Å². The number of carbonyl (C=O) groups excluding carboxylic acids is 1. The Morgan fingerprint density at radius 2 is 1.74 bits per heavy atom. The van der Waals surface area contributed by atoms with Crippen LogP contribution in [-0.2, 0) is 4.79 Å². The molecule has 2 aliphatic heterocycles.